The van der Waals surface area contributed by atoms with E-state index >= 15 is 0 Å². The average molecular weight is 373 g/mol. The van der Waals surface area contributed by atoms with Crippen LogP contribution in [0.15, 0.2) is 16.6 Å². The van der Waals surface area contributed by atoms with E-state index < -0.39 is 10.0 Å². The summed E-state index contributed by atoms with van der Waals surface area (Å²) in [6, 6.07) is 0. The van der Waals surface area contributed by atoms with E-state index in [4.69, 9.17) is 4.74 Å². The van der Waals surface area contributed by atoms with Gasteiger partial charge >= 0.3 is 0 Å². The lowest BCUT2D eigenvalue weighted by Crippen LogP contribution is -2.42. The predicted octanol–water partition coefficient (Wildman–Crippen LogP) is 1.09. The van der Waals surface area contributed by atoms with Crippen LogP contribution >= 0.6 is 0 Å². The zero-order chi connectivity index (χ0) is 18.0. The van der Waals surface area contributed by atoms with Gasteiger partial charge in [0.25, 0.3) is 0 Å². The van der Waals surface area contributed by atoms with Crippen LogP contribution in [0.25, 0.3) is 0 Å². The lowest BCUT2D eigenvalue weighted by Gasteiger charge is -2.25. The van der Waals surface area contributed by atoms with Crippen molar-refractivity contribution in [1.82, 2.24) is 14.9 Å². The van der Waals surface area contributed by atoms with Gasteiger partial charge in [0.15, 0.2) is 5.96 Å². The number of nitrogens with zero attached hydrogens (tertiary/aromatic N) is 2. The molecular formula is C17H32N4O3S. The van der Waals surface area contributed by atoms with Gasteiger partial charge < -0.3 is 15.4 Å². The maximum Gasteiger partial charge on any atom is 0.216 e. The number of sulfonamides is 1. The fraction of sp³-hybridized carbons (Fsp3) is 0.824. The van der Waals surface area contributed by atoms with Crippen molar-refractivity contribution in [2.24, 2.45) is 4.99 Å². The highest BCUT2D eigenvalue weighted by Gasteiger charge is 2.23. The Bertz CT molecular complexity index is 554. The zero-order valence-corrected chi connectivity index (χ0v) is 16.1. The van der Waals surface area contributed by atoms with E-state index in [-0.39, 0.29) is 12.3 Å². The summed E-state index contributed by atoms with van der Waals surface area (Å²) in [5, 5.41) is 6.48. The van der Waals surface area contributed by atoms with Crippen molar-refractivity contribution >= 4 is 16.0 Å². The second-order valence-corrected chi connectivity index (χ2v) is 8.46. The van der Waals surface area contributed by atoms with Crippen molar-refractivity contribution in [1.29, 1.82) is 0 Å². The van der Waals surface area contributed by atoms with E-state index in [2.05, 4.69) is 21.7 Å². The minimum absolute atomic E-state index is 0.0364. The molecule has 0 amide bonds. The molecule has 0 bridgehead atoms. The highest BCUT2D eigenvalue weighted by atomic mass is 32.2. The molecule has 1 saturated heterocycles. The second-order valence-electron chi connectivity index (χ2n) is 6.37. The lowest BCUT2D eigenvalue weighted by atomic mass is 9.97. The van der Waals surface area contributed by atoms with Crippen molar-refractivity contribution in [3.8, 4) is 0 Å². The Morgan fingerprint density at radius 2 is 2.08 bits per heavy atom. The van der Waals surface area contributed by atoms with E-state index in [9.17, 15) is 8.42 Å². The summed E-state index contributed by atoms with van der Waals surface area (Å²) in [5.74, 6) is 0.727. The smallest absolute Gasteiger partial charge is 0.216 e. The molecular weight excluding hydrogens is 340 g/mol. The Morgan fingerprint density at radius 3 is 2.76 bits per heavy atom. The average Bonchev–Trinajstić information content (AvgIpc) is 2.63. The highest BCUT2D eigenvalue weighted by Crippen LogP contribution is 2.19. The molecule has 2 rings (SSSR count). The van der Waals surface area contributed by atoms with Crippen LogP contribution in [-0.4, -0.2) is 70.4 Å². The number of allylic oxidation sites excluding steroid dienone is 1. The van der Waals surface area contributed by atoms with Crippen molar-refractivity contribution in [2.45, 2.75) is 39.0 Å². The van der Waals surface area contributed by atoms with Gasteiger partial charge in [-0.3, -0.25) is 4.99 Å². The summed E-state index contributed by atoms with van der Waals surface area (Å²) in [6.45, 7) is 5.69. The number of ether oxygens (including phenoxy) is 1. The largest absolute Gasteiger partial charge is 0.379 e. The molecule has 1 heterocycles. The highest BCUT2D eigenvalue weighted by molar-refractivity contribution is 7.89. The van der Waals surface area contributed by atoms with Crippen LogP contribution < -0.4 is 10.6 Å². The molecule has 2 N–H and O–H groups in total. The van der Waals surface area contributed by atoms with Gasteiger partial charge in [0.05, 0.1) is 25.5 Å². The second kappa shape index (κ2) is 10.8. The number of hydrogen-bond acceptors (Lipinski definition) is 4. The van der Waals surface area contributed by atoms with Gasteiger partial charge in [0.2, 0.25) is 10.0 Å². The first kappa shape index (κ1) is 20.2. The summed E-state index contributed by atoms with van der Waals surface area (Å²) in [5.41, 5.74) is 1.52. The van der Waals surface area contributed by atoms with Gasteiger partial charge in [-0.05, 0) is 39.0 Å². The lowest BCUT2D eigenvalue weighted by molar-refractivity contribution is 0.0731. The van der Waals surface area contributed by atoms with Crippen molar-refractivity contribution in [3.05, 3.63) is 11.6 Å². The van der Waals surface area contributed by atoms with Crippen LogP contribution in [0.2, 0.25) is 0 Å². The number of hydrogen-bond donors (Lipinski definition) is 2. The van der Waals surface area contributed by atoms with Gasteiger partial charge in [-0.2, -0.15) is 4.31 Å². The van der Waals surface area contributed by atoms with E-state index in [1.165, 1.54) is 35.6 Å². The number of rotatable bonds is 8. The normalized spacial score (nSPS) is 20.2. The summed E-state index contributed by atoms with van der Waals surface area (Å²) < 4.78 is 31.3. The standard InChI is InChI=1S/C17H32N4O3S/c1-2-18-17(19-9-8-16-6-4-3-5-7-16)20-10-15-25(22,23)21-11-13-24-14-12-21/h6H,2-5,7-15H2,1H3,(H2,18,19,20). The summed E-state index contributed by atoms with van der Waals surface area (Å²) in [4.78, 5) is 4.41. The van der Waals surface area contributed by atoms with E-state index in [1.807, 2.05) is 6.92 Å². The first-order valence-electron chi connectivity index (χ1n) is 9.37. The Kier molecular flexibility index (Phi) is 8.71. The Morgan fingerprint density at radius 1 is 1.28 bits per heavy atom. The minimum atomic E-state index is -3.25. The van der Waals surface area contributed by atoms with Crippen molar-refractivity contribution in [3.63, 3.8) is 0 Å². The summed E-state index contributed by atoms with van der Waals surface area (Å²) in [7, 11) is -3.25. The van der Waals surface area contributed by atoms with Crippen LogP contribution in [0, 0.1) is 0 Å². The molecule has 25 heavy (non-hydrogen) atoms. The Labute approximate surface area is 152 Å². The van der Waals surface area contributed by atoms with Gasteiger partial charge in [-0.1, -0.05) is 11.6 Å². The first-order chi connectivity index (χ1) is 12.1. The van der Waals surface area contributed by atoms with Gasteiger partial charge in [-0.25, -0.2) is 8.42 Å². The van der Waals surface area contributed by atoms with Crippen LogP contribution in [0.5, 0.6) is 0 Å². The van der Waals surface area contributed by atoms with Crippen molar-refractivity contribution in [2.75, 3.05) is 51.7 Å². The monoisotopic (exact) mass is 372 g/mol. The molecule has 8 heteroatoms. The number of guanidine groups is 1. The first-order valence-corrected chi connectivity index (χ1v) is 11.0. The molecule has 1 fully saturated rings. The SMILES string of the molecule is CCNC(=NCCS(=O)(=O)N1CCOCC1)NCCC1=CCCCC1. The third-order valence-corrected chi connectivity index (χ3v) is 6.30. The Balaban J connectivity index is 1.76. The molecule has 1 aliphatic heterocycles. The minimum Gasteiger partial charge on any atom is -0.379 e. The van der Waals surface area contributed by atoms with Crippen LogP contribution in [0.1, 0.15) is 39.0 Å². The molecule has 0 spiro atoms. The summed E-state index contributed by atoms with van der Waals surface area (Å²) in [6.07, 6.45) is 8.37. The van der Waals surface area contributed by atoms with Crippen LogP contribution in [-0.2, 0) is 14.8 Å². The van der Waals surface area contributed by atoms with Crippen LogP contribution in [0.4, 0.5) is 0 Å². The molecule has 0 atom stereocenters. The molecule has 0 saturated carbocycles. The molecule has 0 radical (unpaired) electrons. The van der Waals surface area contributed by atoms with Crippen molar-refractivity contribution < 1.29 is 13.2 Å². The Hall–Kier alpha value is -1.12. The maximum atomic E-state index is 12.3. The molecule has 0 aromatic heterocycles. The van der Waals surface area contributed by atoms with E-state index in [0.717, 1.165) is 19.5 Å². The van der Waals surface area contributed by atoms with Gasteiger partial charge in [0, 0.05) is 26.2 Å². The molecule has 144 valence electrons. The maximum absolute atomic E-state index is 12.3. The molecule has 2 aliphatic rings. The fourth-order valence-electron chi connectivity index (χ4n) is 3.04. The molecule has 7 nitrogen and oxygen atoms in total. The van der Waals surface area contributed by atoms with Crippen LogP contribution in [0.3, 0.4) is 0 Å². The number of aliphatic imine (C=N–C) groups is 1. The zero-order valence-electron chi connectivity index (χ0n) is 15.3. The molecule has 0 aromatic carbocycles. The van der Waals surface area contributed by atoms with Gasteiger partial charge in [0.1, 0.15) is 0 Å². The quantitative estimate of drug-likeness (QED) is 0.379. The summed E-state index contributed by atoms with van der Waals surface area (Å²) >= 11 is 0. The van der Waals surface area contributed by atoms with E-state index in [0.29, 0.717) is 32.3 Å². The number of nitrogens with one attached hydrogen (secondary N) is 2. The molecule has 1 aliphatic carbocycles. The van der Waals surface area contributed by atoms with E-state index in [1.54, 1.807) is 0 Å². The molecule has 0 aromatic rings. The molecule has 0 unspecified atom stereocenters. The number of morpholine rings is 1. The predicted molar refractivity (Wildman–Crippen MR) is 101 cm³/mol. The third kappa shape index (κ3) is 7.33. The third-order valence-electron chi connectivity index (χ3n) is 4.45. The topological polar surface area (TPSA) is 83.0 Å². The fourth-order valence-corrected chi connectivity index (χ4v) is 4.33. The van der Waals surface area contributed by atoms with Gasteiger partial charge in [-0.15, -0.1) is 0 Å².